The summed E-state index contributed by atoms with van der Waals surface area (Å²) in [6, 6.07) is 11.1. The molecule has 2 aromatic carbocycles. The lowest BCUT2D eigenvalue weighted by Crippen LogP contribution is -2.42. The highest BCUT2D eigenvalue weighted by Gasteiger charge is 2.42. The molecule has 1 atom stereocenters. The lowest BCUT2D eigenvalue weighted by atomic mass is 10.1. The van der Waals surface area contributed by atoms with Gasteiger partial charge in [-0.1, -0.05) is 29.8 Å². The first-order valence-electron chi connectivity index (χ1n) is 10.0. The van der Waals surface area contributed by atoms with Gasteiger partial charge in [0.15, 0.2) is 9.84 Å². The van der Waals surface area contributed by atoms with Gasteiger partial charge in [0.25, 0.3) is 11.6 Å². The van der Waals surface area contributed by atoms with Crippen LogP contribution in [0, 0.1) is 10.1 Å². The first-order valence-corrected chi connectivity index (χ1v) is 12.2. The van der Waals surface area contributed by atoms with Crippen LogP contribution in [0.4, 0.5) is 11.4 Å². The van der Waals surface area contributed by atoms with Crippen LogP contribution in [-0.4, -0.2) is 47.7 Å². The smallest absolute Gasteiger partial charge is 0.293 e. The number of carbonyl (C=O) groups is 1. The van der Waals surface area contributed by atoms with Crippen molar-refractivity contribution in [3.8, 4) is 0 Å². The van der Waals surface area contributed by atoms with E-state index in [1.165, 1.54) is 12.1 Å². The SMILES string of the molecule is O=C(c1ccc(NCc2ccccc2Cl)c([N+](=O)[O-])c1)N(C1CC1)C1CCS(=O)(=O)C1. The van der Waals surface area contributed by atoms with E-state index in [2.05, 4.69) is 5.32 Å². The van der Waals surface area contributed by atoms with E-state index in [4.69, 9.17) is 11.6 Å². The van der Waals surface area contributed by atoms with E-state index in [1.807, 2.05) is 12.1 Å². The number of carbonyl (C=O) groups excluding carboxylic acids is 1. The summed E-state index contributed by atoms with van der Waals surface area (Å²) in [7, 11) is -3.15. The summed E-state index contributed by atoms with van der Waals surface area (Å²) in [5, 5.41) is 15.2. The lowest BCUT2D eigenvalue weighted by Gasteiger charge is -2.28. The van der Waals surface area contributed by atoms with Crippen LogP contribution in [0.25, 0.3) is 0 Å². The van der Waals surface area contributed by atoms with Crippen molar-refractivity contribution < 1.29 is 18.1 Å². The Morgan fingerprint density at radius 3 is 2.52 bits per heavy atom. The molecule has 1 aliphatic carbocycles. The Labute approximate surface area is 185 Å². The number of nitro benzene ring substituents is 1. The molecule has 4 rings (SSSR count). The second-order valence-electron chi connectivity index (χ2n) is 7.93. The highest BCUT2D eigenvalue weighted by Crippen LogP contribution is 2.35. The largest absolute Gasteiger partial charge is 0.375 e. The fourth-order valence-electron chi connectivity index (χ4n) is 3.92. The van der Waals surface area contributed by atoms with E-state index < -0.39 is 14.8 Å². The Morgan fingerprint density at radius 2 is 1.90 bits per heavy atom. The van der Waals surface area contributed by atoms with Crippen molar-refractivity contribution in [2.75, 3.05) is 16.8 Å². The fourth-order valence-corrected chi connectivity index (χ4v) is 5.84. The average Bonchev–Trinajstić information content (AvgIpc) is 3.49. The van der Waals surface area contributed by atoms with Crippen LogP contribution in [-0.2, 0) is 16.4 Å². The molecule has 2 fully saturated rings. The maximum absolute atomic E-state index is 13.2. The van der Waals surface area contributed by atoms with Gasteiger partial charge in [-0.15, -0.1) is 0 Å². The third-order valence-corrected chi connectivity index (χ3v) is 7.76. The Hall–Kier alpha value is -2.65. The zero-order valence-corrected chi connectivity index (χ0v) is 18.2. The summed E-state index contributed by atoms with van der Waals surface area (Å²) in [5.74, 6) is -0.334. The molecule has 0 radical (unpaired) electrons. The minimum absolute atomic E-state index is 0.00267. The van der Waals surface area contributed by atoms with Gasteiger partial charge in [-0.2, -0.15) is 0 Å². The quantitative estimate of drug-likeness (QED) is 0.495. The normalized spacial score (nSPS) is 19.7. The fraction of sp³-hybridized carbons (Fsp3) is 0.381. The Balaban J connectivity index is 1.57. The van der Waals surface area contributed by atoms with Crippen LogP contribution in [0.3, 0.4) is 0 Å². The molecular formula is C21H22ClN3O5S. The van der Waals surface area contributed by atoms with E-state index in [1.54, 1.807) is 23.1 Å². The van der Waals surface area contributed by atoms with Gasteiger partial charge in [0.2, 0.25) is 0 Å². The number of anilines is 1. The van der Waals surface area contributed by atoms with Crippen molar-refractivity contribution in [2.24, 2.45) is 0 Å². The zero-order valence-electron chi connectivity index (χ0n) is 16.7. The predicted molar refractivity (Wildman–Crippen MR) is 118 cm³/mol. The molecule has 1 amide bonds. The lowest BCUT2D eigenvalue weighted by molar-refractivity contribution is -0.384. The molecule has 1 saturated carbocycles. The van der Waals surface area contributed by atoms with Gasteiger partial charge >= 0.3 is 0 Å². The average molecular weight is 464 g/mol. The van der Waals surface area contributed by atoms with Gasteiger partial charge in [0.1, 0.15) is 5.69 Å². The first kappa shape index (κ1) is 21.6. The zero-order chi connectivity index (χ0) is 22.2. The number of benzene rings is 2. The number of hydrogen-bond acceptors (Lipinski definition) is 6. The summed E-state index contributed by atoms with van der Waals surface area (Å²) in [4.78, 5) is 26.0. The highest BCUT2D eigenvalue weighted by atomic mass is 35.5. The van der Waals surface area contributed by atoms with Gasteiger partial charge in [0, 0.05) is 35.3 Å². The summed E-state index contributed by atoms with van der Waals surface area (Å²) in [5.41, 5.74) is 1.04. The molecule has 2 aromatic rings. The summed E-state index contributed by atoms with van der Waals surface area (Å²) in [6.07, 6.45) is 2.05. The molecule has 10 heteroatoms. The first-order chi connectivity index (χ1) is 14.7. The van der Waals surface area contributed by atoms with E-state index in [-0.39, 0.29) is 46.4 Å². The van der Waals surface area contributed by atoms with Gasteiger partial charge in [-0.25, -0.2) is 8.42 Å². The summed E-state index contributed by atoms with van der Waals surface area (Å²) in [6.45, 7) is 0.294. The molecule has 0 spiro atoms. The Kier molecular flexibility index (Phi) is 5.90. The van der Waals surface area contributed by atoms with Gasteiger partial charge in [-0.3, -0.25) is 14.9 Å². The maximum Gasteiger partial charge on any atom is 0.293 e. The molecule has 1 heterocycles. The number of nitrogens with zero attached hydrogens (tertiary/aromatic N) is 2. The van der Waals surface area contributed by atoms with Crippen LogP contribution in [0.1, 0.15) is 35.2 Å². The molecule has 0 aromatic heterocycles. The van der Waals surface area contributed by atoms with Gasteiger partial charge in [0.05, 0.1) is 16.4 Å². The molecule has 164 valence electrons. The van der Waals surface area contributed by atoms with E-state index in [0.29, 0.717) is 18.0 Å². The number of amides is 1. The van der Waals surface area contributed by atoms with Crippen molar-refractivity contribution in [2.45, 2.75) is 37.9 Å². The standard InChI is InChI=1S/C21H22ClN3O5S/c22-18-4-2-1-3-15(18)12-23-19-8-5-14(11-20(19)25(27)28)21(26)24(16-6-7-16)17-9-10-31(29,30)13-17/h1-5,8,11,16-17,23H,6-7,9-10,12-13H2. The van der Waals surface area contributed by atoms with Gasteiger partial charge in [-0.05, 0) is 43.0 Å². The number of nitro groups is 1. The number of nitrogens with one attached hydrogen (secondary N) is 1. The second-order valence-corrected chi connectivity index (χ2v) is 10.6. The van der Waals surface area contributed by atoms with Crippen LogP contribution in [0.2, 0.25) is 5.02 Å². The molecule has 31 heavy (non-hydrogen) atoms. The van der Waals surface area contributed by atoms with Crippen LogP contribution in [0.15, 0.2) is 42.5 Å². The van der Waals surface area contributed by atoms with Crippen molar-refractivity contribution in [3.63, 3.8) is 0 Å². The molecule has 1 unspecified atom stereocenters. The highest BCUT2D eigenvalue weighted by molar-refractivity contribution is 7.91. The van der Waals surface area contributed by atoms with E-state index in [0.717, 1.165) is 18.4 Å². The van der Waals surface area contributed by atoms with Gasteiger partial charge < -0.3 is 10.2 Å². The topological polar surface area (TPSA) is 110 Å². The van der Waals surface area contributed by atoms with Crippen LogP contribution >= 0.6 is 11.6 Å². The van der Waals surface area contributed by atoms with Crippen molar-refractivity contribution in [3.05, 3.63) is 68.7 Å². The summed E-state index contributed by atoms with van der Waals surface area (Å²) >= 11 is 6.15. The Bertz CT molecular complexity index is 1130. The molecule has 2 aliphatic rings. The predicted octanol–water partition coefficient (Wildman–Crippen LogP) is 3.65. The molecule has 1 saturated heterocycles. The van der Waals surface area contributed by atoms with Crippen molar-refractivity contribution in [1.82, 2.24) is 4.90 Å². The number of sulfone groups is 1. The summed E-state index contributed by atoms with van der Waals surface area (Å²) < 4.78 is 23.8. The minimum atomic E-state index is -3.15. The van der Waals surface area contributed by atoms with Crippen LogP contribution < -0.4 is 5.32 Å². The molecule has 0 bridgehead atoms. The third-order valence-electron chi connectivity index (χ3n) is 5.65. The van der Waals surface area contributed by atoms with Crippen molar-refractivity contribution in [1.29, 1.82) is 0 Å². The molecular weight excluding hydrogens is 442 g/mol. The third kappa shape index (κ3) is 4.83. The second kappa shape index (κ2) is 8.47. The molecule has 1 N–H and O–H groups in total. The number of halogens is 1. The van der Waals surface area contributed by atoms with E-state index in [9.17, 15) is 23.3 Å². The maximum atomic E-state index is 13.2. The monoisotopic (exact) mass is 463 g/mol. The van der Waals surface area contributed by atoms with Crippen molar-refractivity contribution >= 4 is 38.7 Å². The van der Waals surface area contributed by atoms with Crippen LogP contribution in [0.5, 0.6) is 0 Å². The molecule has 1 aliphatic heterocycles. The van der Waals surface area contributed by atoms with E-state index >= 15 is 0 Å². The number of rotatable bonds is 7. The molecule has 8 nitrogen and oxygen atoms in total. The minimum Gasteiger partial charge on any atom is -0.375 e. The number of hydrogen-bond donors (Lipinski definition) is 1. The Morgan fingerprint density at radius 1 is 1.16 bits per heavy atom.